The van der Waals surface area contributed by atoms with Gasteiger partial charge in [0.2, 0.25) is 5.89 Å². The molecule has 0 spiro atoms. The number of aliphatic hydroxyl groups is 1. The SMILES string of the molecule is CCOC(=O)c1cnn(Cc2nc(C[C@H](O)c3ccc(Cl)cc3)no2)c(=O)c1C. The third-order valence-electron chi connectivity index (χ3n) is 4.21. The molecule has 9 nitrogen and oxygen atoms in total. The number of halogens is 1. The van der Waals surface area contributed by atoms with Crippen LogP contribution in [-0.4, -0.2) is 37.6 Å². The van der Waals surface area contributed by atoms with E-state index in [1.54, 1.807) is 31.2 Å². The summed E-state index contributed by atoms with van der Waals surface area (Å²) in [5, 5.41) is 18.7. The monoisotopic (exact) mass is 418 g/mol. The highest BCUT2D eigenvalue weighted by Crippen LogP contribution is 2.19. The molecule has 3 aromatic rings. The maximum Gasteiger partial charge on any atom is 0.340 e. The largest absolute Gasteiger partial charge is 0.462 e. The first-order valence-corrected chi connectivity index (χ1v) is 9.25. The van der Waals surface area contributed by atoms with Crippen molar-refractivity contribution in [2.45, 2.75) is 32.9 Å². The number of benzene rings is 1. The van der Waals surface area contributed by atoms with Crippen LogP contribution in [0.4, 0.5) is 0 Å². The van der Waals surface area contributed by atoms with Gasteiger partial charge in [-0.1, -0.05) is 28.9 Å². The van der Waals surface area contributed by atoms with E-state index in [1.807, 2.05) is 0 Å². The fraction of sp³-hybridized carbons (Fsp3) is 0.316. The molecule has 0 aliphatic heterocycles. The highest BCUT2D eigenvalue weighted by molar-refractivity contribution is 6.30. The van der Waals surface area contributed by atoms with E-state index in [1.165, 1.54) is 13.1 Å². The Morgan fingerprint density at radius 3 is 2.76 bits per heavy atom. The van der Waals surface area contributed by atoms with Crippen LogP contribution < -0.4 is 5.56 Å². The molecule has 152 valence electrons. The van der Waals surface area contributed by atoms with Crippen molar-refractivity contribution >= 4 is 17.6 Å². The molecule has 1 N–H and O–H groups in total. The zero-order chi connectivity index (χ0) is 21.0. The molecule has 2 aromatic heterocycles. The third-order valence-corrected chi connectivity index (χ3v) is 4.46. The highest BCUT2D eigenvalue weighted by Gasteiger charge is 2.18. The number of esters is 1. The summed E-state index contributed by atoms with van der Waals surface area (Å²) < 4.78 is 11.2. The van der Waals surface area contributed by atoms with Gasteiger partial charge in [-0.25, -0.2) is 9.48 Å². The molecule has 1 atom stereocenters. The minimum absolute atomic E-state index is 0.0627. The average molecular weight is 419 g/mol. The summed E-state index contributed by atoms with van der Waals surface area (Å²) in [4.78, 5) is 28.5. The van der Waals surface area contributed by atoms with Gasteiger partial charge in [-0.15, -0.1) is 0 Å². The van der Waals surface area contributed by atoms with Crippen molar-refractivity contribution in [3.8, 4) is 0 Å². The summed E-state index contributed by atoms with van der Waals surface area (Å²) in [5.74, 6) is -0.158. The van der Waals surface area contributed by atoms with E-state index in [0.29, 0.717) is 10.6 Å². The van der Waals surface area contributed by atoms with E-state index in [0.717, 1.165) is 4.68 Å². The van der Waals surface area contributed by atoms with Crippen LogP contribution in [0.3, 0.4) is 0 Å². The van der Waals surface area contributed by atoms with Gasteiger partial charge in [0.15, 0.2) is 5.82 Å². The van der Waals surface area contributed by atoms with Gasteiger partial charge in [-0.3, -0.25) is 4.79 Å². The predicted octanol–water partition coefficient (Wildman–Crippen LogP) is 2.09. The molecule has 0 unspecified atom stereocenters. The van der Waals surface area contributed by atoms with Crippen LogP contribution in [0.1, 0.15) is 46.2 Å². The molecule has 0 saturated carbocycles. The number of nitrogens with zero attached hydrogens (tertiary/aromatic N) is 4. The molecular formula is C19H19ClN4O5. The summed E-state index contributed by atoms with van der Waals surface area (Å²) in [7, 11) is 0. The van der Waals surface area contributed by atoms with Crippen LogP contribution in [0, 0.1) is 6.92 Å². The molecule has 1 aromatic carbocycles. The number of carbonyl (C=O) groups excluding carboxylic acids is 1. The maximum atomic E-state index is 12.5. The van der Waals surface area contributed by atoms with E-state index in [2.05, 4.69) is 15.2 Å². The first-order valence-electron chi connectivity index (χ1n) is 8.87. The lowest BCUT2D eigenvalue weighted by Crippen LogP contribution is -2.28. The topological polar surface area (TPSA) is 120 Å². The summed E-state index contributed by atoms with van der Waals surface area (Å²) >= 11 is 5.84. The summed E-state index contributed by atoms with van der Waals surface area (Å²) in [5.41, 5.74) is 0.544. The van der Waals surface area contributed by atoms with Crippen LogP contribution in [0.2, 0.25) is 5.02 Å². The number of aliphatic hydroxyl groups excluding tert-OH is 1. The smallest absolute Gasteiger partial charge is 0.340 e. The van der Waals surface area contributed by atoms with Gasteiger partial charge in [0.05, 0.1) is 24.5 Å². The van der Waals surface area contributed by atoms with E-state index in [9.17, 15) is 14.7 Å². The molecule has 0 bridgehead atoms. The summed E-state index contributed by atoms with van der Waals surface area (Å²) in [6.07, 6.45) is 0.578. The molecule has 10 heteroatoms. The first kappa shape index (κ1) is 20.7. The predicted molar refractivity (Wildman–Crippen MR) is 103 cm³/mol. The standard InChI is InChI=1S/C19H19ClN4O5/c1-3-28-19(27)14-9-21-24(18(26)11(14)2)10-17-22-16(23-29-17)8-15(25)12-4-6-13(20)7-5-12/h4-7,9,15,25H,3,8,10H2,1-2H3/t15-/m0/s1. The van der Waals surface area contributed by atoms with E-state index in [-0.39, 0.29) is 42.4 Å². The van der Waals surface area contributed by atoms with Gasteiger partial charge < -0.3 is 14.4 Å². The summed E-state index contributed by atoms with van der Waals surface area (Å²) in [6.45, 7) is 3.34. The molecule has 0 radical (unpaired) electrons. The van der Waals surface area contributed by atoms with E-state index in [4.69, 9.17) is 20.9 Å². The van der Waals surface area contributed by atoms with Crippen molar-refractivity contribution in [2.75, 3.05) is 6.61 Å². The van der Waals surface area contributed by atoms with Crippen molar-refractivity contribution in [1.29, 1.82) is 0 Å². The second kappa shape index (κ2) is 8.97. The fourth-order valence-corrected chi connectivity index (χ4v) is 2.78. The molecule has 0 amide bonds. The van der Waals surface area contributed by atoms with E-state index < -0.39 is 17.6 Å². The first-order chi connectivity index (χ1) is 13.9. The number of hydrogen-bond donors (Lipinski definition) is 1. The number of aromatic nitrogens is 4. The van der Waals surface area contributed by atoms with E-state index >= 15 is 0 Å². The van der Waals surface area contributed by atoms with Crippen LogP contribution in [0.15, 0.2) is 39.8 Å². The van der Waals surface area contributed by atoms with Gasteiger partial charge in [0.1, 0.15) is 6.54 Å². The van der Waals surface area contributed by atoms with Crippen molar-refractivity contribution in [1.82, 2.24) is 19.9 Å². The Hall–Kier alpha value is -3.04. The second-order valence-electron chi connectivity index (χ2n) is 6.24. The van der Waals surface area contributed by atoms with Gasteiger partial charge in [-0.2, -0.15) is 10.1 Å². The normalized spacial score (nSPS) is 12.0. The minimum atomic E-state index is -0.829. The molecule has 29 heavy (non-hydrogen) atoms. The second-order valence-corrected chi connectivity index (χ2v) is 6.68. The number of rotatable bonds is 7. The van der Waals surface area contributed by atoms with Gasteiger partial charge in [0, 0.05) is 17.0 Å². The van der Waals surface area contributed by atoms with Crippen molar-refractivity contribution < 1.29 is 19.2 Å². The number of ether oxygens (including phenoxy) is 1. The molecule has 2 heterocycles. The third kappa shape index (κ3) is 4.87. The average Bonchev–Trinajstić information content (AvgIpc) is 3.13. The Morgan fingerprint density at radius 2 is 2.07 bits per heavy atom. The molecule has 0 aliphatic carbocycles. The highest BCUT2D eigenvalue weighted by atomic mass is 35.5. The lowest BCUT2D eigenvalue weighted by molar-refractivity contribution is 0.0524. The number of carbonyl (C=O) groups is 1. The Balaban J connectivity index is 1.71. The van der Waals surface area contributed by atoms with Crippen LogP contribution in [0.5, 0.6) is 0 Å². The lowest BCUT2D eigenvalue weighted by Gasteiger charge is -2.08. The molecule has 0 saturated heterocycles. The lowest BCUT2D eigenvalue weighted by atomic mass is 10.1. The summed E-state index contributed by atoms with van der Waals surface area (Å²) in [6, 6.07) is 6.79. The van der Waals surface area contributed by atoms with Gasteiger partial charge in [-0.05, 0) is 31.5 Å². The zero-order valence-electron chi connectivity index (χ0n) is 15.8. The van der Waals surface area contributed by atoms with Crippen molar-refractivity contribution in [3.05, 3.63) is 74.2 Å². The molecule has 0 aliphatic rings. The van der Waals surface area contributed by atoms with Gasteiger partial charge in [0.25, 0.3) is 5.56 Å². The Labute approximate surface area is 170 Å². The van der Waals surface area contributed by atoms with Crippen LogP contribution in [0.25, 0.3) is 0 Å². The van der Waals surface area contributed by atoms with Crippen molar-refractivity contribution in [2.24, 2.45) is 0 Å². The zero-order valence-corrected chi connectivity index (χ0v) is 16.6. The number of hydrogen-bond acceptors (Lipinski definition) is 8. The van der Waals surface area contributed by atoms with Crippen LogP contribution >= 0.6 is 11.6 Å². The van der Waals surface area contributed by atoms with Crippen molar-refractivity contribution in [3.63, 3.8) is 0 Å². The molecule has 3 rings (SSSR count). The quantitative estimate of drug-likeness (QED) is 0.579. The Morgan fingerprint density at radius 1 is 1.34 bits per heavy atom. The molecule has 0 fully saturated rings. The van der Waals surface area contributed by atoms with Crippen LogP contribution in [-0.2, 0) is 17.7 Å². The molecular weight excluding hydrogens is 400 g/mol. The minimum Gasteiger partial charge on any atom is -0.462 e. The Bertz CT molecular complexity index is 1060. The fourth-order valence-electron chi connectivity index (χ4n) is 2.65. The van der Waals surface area contributed by atoms with Gasteiger partial charge >= 0.3 is 5.97 Å². The Kier molecular flexibility index (Phi) is 6.40. The maximum absolute atomic E-state index is 12.5.